The molecule has 5 nitrogen and oxygen atoms in total. The van der Waals surface area contributed by atoms with Gasteiger partial charge in [-0.2, -0.15) is 13.2 Å². The van der Waals surface area contributed by atoms with E-state index < -0.39 is 23.2 Å². The van der Waals surface area contributed by atoms with Crippen LogP contribution in [0.1, 0.15) is 29.8 Å². The number of carbonyl (C=O) groups is 2. The Balaban J connectivity index is 1.94. The zero-order valence-corrected chi connectivity index (χ0v) is 13.4. The fourth-order valence-electron chi connectivity index (χ4n) is 2.48. The molecular weight excluding hydrogens is 325 g/mol. The van der Waals surface area contributed by atoms with Gasteiger partial charge >= 0.3 is 6.18 Å². The highest BCUT2D eigenvalue weighted by Crippen LogP contribution is 2.29. The third-order valence-electron chi connectivity index (χ3n) is 3.82. The maximum absolute atomic E-state index is 12.5. The Morgan fingerprint density at radius 3 is 2.42 bits per heavy atom. The Morgan fingerprint density at radius 2 is 1.88 bits per heavy atom. The van der Waals surface area contributed by atoms with Gasteiger partial charge in [-0.25, -0.2) is 0 Å². The minimum absolute atomic E-state index is 0.0667. The number of nitrogens with zero attached hydrogens (tertiary/aromatic N) is 1. The summed E-state index contributed by atoms with van der Waals surface area (Å²) in [6, 6.07) is 3.84. The van der Waals surface area contributed by atoms with Crippen molar-refractivity contribution in [1.29, 1.82) is 0 Å². The first-order chi connectivity index (χ1) is 11.1. The molecule has 1 fully saturated rings. The molecular formula is C16H19F3N2O3. The molecule has 0 bridgehead atoms. The normalized spacial score (nSPS) is 17.5. The monoisotopic (exact) mass is 344 g/mol. The molecule has 1 aromatic carbocycles. The highest BCUT2D eigenvalue weighted by Gasteiger charge is 2.34. The molecule has 0 unspecified atom stereocenters. The Labute approximate surface area is 137 Å². The molecule has 2 amide bonds. The Kier molecular flexibility index (Phi) is 5.17. The van der Waals surface area contributed by atoms with E-state index in [0.717, 1.165) is 24.3 Å². The molecule has 0 radical (unpaired) electrons. The first-order valence-electron chi connectivity index (χ1n) is 7.45. The van der Waals surface area contributed by atoms with Crippen molar-refractivity contribution in [3.8, 4) is 0 Å². The highest BCUT2D eigenvalue weighted by molar-refractivity contribution is 5.96. The first kappa shape index (κ1) is 18.3. The van der Waals surface area contributed by atoms with Gasteiger partial charge < -0.3 is 15.0 Å². The van der Waals surface area contributed by atoms with Gasteiger partial charge in [-0.1, -0.05) is 0 Å². The van der Waals surface area contributed by atoms with Gasteiger partial charge in [-0.3, -0.25) is 9.59 Å². The summed E-state index contributed by atoms with van der Waals surface area (Å²) in [5.41, 5.74) is -1.23. The predicted molar refractivity (Wildman–Crippen MR) is 80.4 cm³/mol. The van der Waals surface area contributed by atoms with Crippen molar-refractivity contribution in [1.82, 2.24) is 10.2 Å². The van der Waals surface area contributed by atoms with Gasteiger partial charge in [-0.15, -0.1) is 0 Å². The molecule has 1 saturated heterocycles. The third kappa shape index (κ3) is 4.25. The molecule has 1 aliphatic heterocycles. The number of morpholine rings is 1. The number of alkyl halides is 3. The lowest BCUT2D eigenvalue weighted by Crippen LogP contribution is -2.57. The van der Waals surface area contributed by atoms with E-state index in [-0.39, 0.29) is 18.0 Å². The fraction of sp³-hybridized carbons (Fsp3) is 0.500. The van der Waals surface area contributed by atoms with Gasteiger partial charge in [0.05, 0.1) is 30.9 Å². The number of carbonyl (C=O) groups excluding carboxylic acids is 2. The number of rotatable bonds is 3. The standard InChI is InChI=1S/C16H19F3N2O3/c1-15(2)10-24-8-7-21(15)13(22)9-20-14(23)11-3-5-12(6-4-11)16(17,18)19/h3-6H,7-10H2,1-2H3,(H,20,23). The smallest absolute Gasteiger partial charge is 0.377 e. The molecule has 0 spiro atoms. The van der Waals surface area contributed by atoms with E-state index in [1.54, 1.807) is 4.90 Å². The Hall–Kier alpha value is -2.09. The molecule has 0 aliphatic carbocycles. The number of amides is 2. The van der Waals surface area contributed by atoms with Gasteiger partial charge in [-0.05, 0) is 38.1 Å². The van der Waals surface area contributed by atoms with Crippen LogP contribution in [0, 0.1) is 0 Å². The average molecular weight is 344 g/mol. The SMILES string of the molecule is CC1(C)COCCN1C(=O)CNC(=O)c1ccc(C(F)(F)F)cc1. The molecule has 8 heteroatoms. The molecule has 132 valence electrons. The highest BCUT2D eigenvalue weighted by atomic mass is 19.4. The van der Waals surface area contributed by atoms with E-state index in [1.165, 1.54) is 0 Å². The summed E-state index contributed by atoms with van der Waals surface area (Å²) in [7, 11) is 0. The molecule has 1 heterocycles. The number of ether oxygens (including phenoxy) is 1. The van der Waals surface area contributed by atoms with Gasteiger partial charge in [0.15, 0.2) is 0 Å². The lowest BCUT2D eigenvalue weighted by atomic mass is 10.0. The maximum Gasteiger partial charge on any atom is 0.416 e. The van der Waals surface area contributed by atoms with Crippen LogP contribution in [0.25, 0.3) is 0 Å². The topological polar surface area (TPSA) is 58.6 Å². The van der Waals surface area contributed by atoms with E-state index >= 15 is 0 Å². The summed E-state index contributed by atoms with van der Waals surface area (Å²) in [5, 5.41) is 2.44. The van der Waals surface area contributed by atoms with Crippen molar-refractivity contribution < 1.29 is 27.5 Å². The van der Waals surface area contributed by atoms with E-state index in [2.05, 4.69) is 5.32 Å². The van der Waals surface area contributed by atoms with Gasteiger partial charge in [0.1, 0.15) is 0 Å². The van der Waals surface area contributed by atoms with E-state index in [0.29, 0.717) is 19.8 Å². The number of benzene rings is 1. The number of hydrogen-bond donors (Lipinski definition) is 1. The summed E-state index contributed by atoms with van der Waals surface area (Å²) in [5.74, 6) is -0.855. The molecule has 1 N–H and O–H groups in total. The van der Waals surface area contributed by atoms with Crippen LogP contribution in [-0.2, 0) is 15.7 Å². The third-order valence-corrected chi connectivity index (χ3v) is 3.82. The lowest BCUT2D eigenvalue weighted by Gasteiger charge is -2.42. The lowest BCUT2D eigenvalue weighted by molar-refractivity contribution is -0.145. The molecule has 1 aliphatic rings. The van der Waals surface area contributed by atoms with Crippen molar-refractivity contribution in [2.45, 2.75) is 25.6 Å². The summed E-state index contributed by atoms with van der Waals surface area (Å²) >= 11 is 0. The number of nitrogens with one attached hydrogen (secondary N) is 1. The van der Waals surface area contributed by atoms with Crippen molar-refractivity contribution in [2.75, 3.05) is 26.3 Å². The second-order valence-corrected chi connectivity index (χ2v) is 6.17. The zero-order chi connectivity index (χ0) is 18.0. The van der Waals surface area contributed by atoms with E-state index in [1.807, 2.05) is 13.8 Å². The second-order valence-electron chi connectivity index (χ2n) is 6.17. The van der Waals surface area contributed by atoms with Crippen LogP contribution < -0.4 is 5.32 Å². The zero-order valence-electron chi connectivity index (χ0n) is 13.4. The Morgan fingerprint density at radius 1 is 1.25 bits per heavy atom. The van der Waals surface area contributed by atoms with Gasteiger partial charge in [0, 0.05) is 12.1 Å². The molecule has 0 saturated carbocycles. The van der Waals surface area contributed by atoms with Crippen molar-refractivity contribution >= 4 is 11.8 Å². The van der Waals surface area contributed by atoms with Crippen LogP contribution in [0.15, 0.2) is 24.3 Å². The van der Waals surface area contributed by atoms with Crippen LogP contribution >= 0.6 is 0 Å². The summed E-state index contributed by atoms with van der Waals surface area (Å²) in [6.07, 6.45) is -4.45. The van der Waals surface area contributed by atoms with Crippen LogP contribution in [-0.4, -0.2) is 48.6 Å². The number of hydrogen-bond acceptors (Lipinski definition) is 3. The van der Waals surface area contributed by atoms with Crippen LogP contribution in [0.2, 0.25) is 0 Å². The predicted octanol–water partition coefficient (Wildman–Crippen LogP) is 2.07. The quantitative estimate of drug-likeness (QED) is 0.913. The molecule has 0 atom stereocenters. The second kappa shape index (κ2) is 6.80. The van der Waals surface area contributed by atoms with Crippen LogP contribution in [0.5, 0.6) is 0 Å². The summed E-state index contributed by atoms with van der Waals surface area (Å²) in [4.78, 5) is 25.8. The first-order valence-corrected chi connectivity index (χ1v) is 7.45. The van der Waals surface area contributed by atoms with Gasteiger partial charge in [0.2, 0.25) is 5.91 Å². The molecule has 2 rings (SSSR count). The average Bonchev–Trinajstić information content (AvgIpc) is 2.51. The van der Waals surface area contributed by atoms with E-state index in [4.69, 9.17) is 4.74 Å². The largest absolute Gasteiger partial charge is 0.416 e. The van der Waals surface area contributed by atoms with Crippen molar-refractivity contribution in [3.63, 3.8) is 0 Å². The van der Waals surface area contributed by atoms with E-state index in [9.17, 15) is 22.8 Å². The molecule has 1 aromatic rings. The summed E-state index contributed by atoms with van der Waals surface area (Å²) in [6.45, 7) is 4.78. The fourth-order valence-corrected chi connectivity index (χ4v) is 2.48. The Bertz CT molecular complexity index is 612. The van der Waals surface area contributed by atoms with Crippen molar-refractivity contribution in [2.24, 2.45) is 0 Å². The van der Waals surface area contributed by atoms with Crippen molar-refractivity contribution in [3.05, 3.63) is 35.4 Å². The summed E-state index contributed by atoms with van der Waals surface area (Å²) < 4.78 is 42.8. The maximum atomic E-state index is 12.5. The van der Waals surface area contributed by atoms with Gasteiger partial charge in [0.25, 0.3) is 5.91 Å². The minimum atomic E-state index is -4.45. The van der Waals surface area contributed by atoms with Crippen LogP contribution in [0.4, 0.5) is 13.2 Å². The number of halogens is 3. The molecule has 0 aromatic heterocycles. The minimum Gasteiger partial charge on any atom is -0.377 e. The van der Waals surface area contributed by atoms with Crippen LogP contribution in [0.3, 0.4) is 0 Å². The molecule has 24 heavy (non-hydrogen) atoms.